The van der Waals surface area contributed by atoms with E-state index in [-0.39, 0.29) is 30.9 Å². The van der Waals surface area contributed by atoms with Crippen LogP contribution in [-0.4, -0.2) is 46.9 Å². The van der Waals surface area contributed by atoms with Gasteiger partial charge in [-0.05, 0) is 6.92 Å². The van der Waals surface area contributed by atoms with Gasteiger partial charge in [-0.2, -0.15) is 9.61 Å². The largest absolute Gasteiger partial charge is 0.374 e. The quantitative estimate of drug-likeness (QED) is 0.892. The third kappa shape index (κ3) is 3.73. The number of hydrogen-bond acceptors (Lipinski definition) is 5. The fourth-order valence-corrected chi connectivity index (χ4v) is 2.13. The summed E-state index contributed by atoms with van der Waals surface area (Å²) in [6.45, 7) is 5.36. The average molecular weight is 320 g/mol. The summed E-state index contributed by atoms with van der Waals surface area (Å²) in [6, 6.07) is 3.90. The van der Waals surface area contributed by atoms with Crippen molar-refractivity contribution in [3.8, 4) is 0 Å². The molecule has 2 aromatic rings. The molecule has 0 saturated carbocycles. The number of halogens is 2. The summed E-state index contributed by atoms with van der Waals surface area (Å²) in [7, 11) is 0. The maximum atomic E-state index is 5.65. The predicted molar refractivity (Wildman–Crippen MR) is 83.3 cm³/mol. The Kier molecular flexibility index (Phi) is 6.48. The number of aromatic nitrogens is 3. The molecular formula is C12H19Cl2N5O. The molecule has 1 atom stereocenters. The van der Waals surface area contributed by atoms with Crippen LogP contribution in [0.3, 0.4) is 0 Å². The Bertz CT molecular complexity index is 542. The average Bonchev–Trinajstić information content (AvgIpc) is 2.85. The number of ether oxygens (including phenoxy) is 1. The summed E-state index contributed by atoms with van der Waals surface area (Å²) in [4.78, 5) is 4.41. The number of nitrogens with zero attached hydrogens (tertiary/aromatic N) is 3. The molecule has 112 valence electrons. The zero-order valence-corrected chi connectivity index (χ0v) is 12.8. The molecule has 3 rings (SSSR count). The first-order valence-electron chi connectivity index (χ1n) is 6.20. The van der Waals surface area contributed by atoms with Gasteiger partial charge in [0.1, 0.15) is 5.82 Å². The van der Waals surface area contributed by atoms with E-state index in [2.05, 4.69) is 20.7 Å². The second-order valence-electron chi connectivity index (χ2n) is 4.46. The van der Waals surface area contributed by atoms with E-state index in [1.165, 1.54) is 0 Å². The predicted octanol–water partition coefficient (Wildman–Crippen LogP) is 1.28. The minimum absolute atomic E-state index is 0. The van der Waals surface area contributed by atoms with Gasteiger partial charge in [0, 0.05) is 37.5 Å². The molecule has 2 aromatic heterocycles. The standard InChI is InChI=1S/C12H17N5O.2ClH/c1-9-6-12(17-11(16-9)2-3-15-17)14-8-10-7-13-4-5-18-10;;/h2-3,6,10,13-14H,4-5,7-8H2,1H3;2*1H. The third-order valence-corrected chi connectivity index (χ3v) is 3.00. The zero-order chi connectivity index (χ0) is 12.4. The van der Waals surface area contributed by atoms with E-state index < -0.39 is 0 Å². The van der Waals surface area contributed by atoms with Crippen molar-refractivity contribution < 1.29 is 4.74 Å². The molecule has 1 aliphatic heterocycles. The minimum atomic E-state index is 0. The monoisotopic (exact) mass is 319 g/mol. The van der Waals surface area contributed by atoms with Gasteiger partial charge in [-0.3, -0.25) is 0 Å². The van der Waals surface area contributed by atoms with Gasteiger partial charge in [0.05, 0.1) is 18.9 Å². The minimum Gasteiger partial charge on any atom is -0.374 e. The molecule has 2 N–H and O–H groups in total. The van der Waals surface area contributed by atoms with Crippen molar-refractivity contribution in [3.63, 3.8) is 0 Å². The van der Waals surface area contributed by atoms with E-state index in [0.717, 1.165) is 43.4 Å². The van der Waals surface area contributed by atoms with Crippen molar-refractivity contribution in [2.24, 2.45) is 0 Å². The topological polar surface area (TPSA) is 63.5 Å². The molecule has 1 unspecified atom stereocenters. The Hall–Kier alpha value is -1.08. The van der Waals surface area contributed by atoms with Gasteiger partial charge in [-0.15, -0.1) is 24.8 Å². The smallest absolute Gasteiger partial charge is 0.157 e. The molecule has 6 nitrogen and oxygen atoms in total. The maximum absolute atomic E-state index is 5.65. The van der Waals surface area contributed by atoms with E-state index in [1.807, 2.05) is 23.6 Å². The van der Waals surface area contributed by atoms with Crippen LogP contribution in [-0.2, 0) is 4.74 Å². The van der Waals surface area contributed by atoms with Crippen LogP contribution >= 0.6 is 24.8 Å². The highest BCUT2D eigenvalue weighted by atomic mass is 35.5. The fraction of sp³-hybridized carbons (Fsp3) is 0.500. The van der Waals surface area contributed by atoms with Crippen molar-refractivity contribution in [2.45, 2.75) is 13.0 Å². The molecule has 0 spiro atoms. The molecule has 0 bridgehead atoms. The Morgan fingerprint density at radius 3 is 3.10 bits per heavy atom. The van der Waals surface area contributed by atoms with Crippen molar-refractivity contribution in [1.82, 2.24) is 19.9 Å². The van der Waals surface area contributed by atoms with Crippen LogP contribution in [0.15, 0.2) is 18.3 Å². The highest BCUT2D eigenvalue weighted by Gasteiger charge is 2.13. The fourth-order valence-electron chi connectivity index (χ4n) is 2.13. The lowest BCUT2D eigenvalue weighted by molar-refractivity contribution is 0.0371. The molecule has 0 radical (unpaired) electrons. The van der Waals surface area contributed by atoms with E-state index in [0.29, 0.717) is 0 Å². The van der Waals surface area contributed by atoms with Crippen molar-refractivity contribution in [2.75, 3.05) is 31.6 Å². The lowest BCUT2D eigenvalue weighted by atomic mass is 10.3. The molecule has 3 heterocycles. The Balaban J connectivity index is 0.000001000. The van der Waals surface area contributed by atoms with Crippen molar-refractivity contribution >= 4 is 36.3 Å². The number of morpholine rings is 1. The molecule has 1 saturated heterocycles. The number of hydrogen-bond donors (Lipinski definition) is 2. The third-order valence-electron chi connectivity index (χ3n) is 3.00. The summed E-state index contributed by atoms with van der Waals surface area (Å²) in [5.74, 6) is 0.955. The van der Waals surface area contributed by atoms with E-state index in [9.17, 15) is 0 Å². The second kappa shape index (κ2) is 7.64. The van der Waals surface area contributed by atoms with Gasteiger partial charge in [-0.25, -0.2) is 4.98 Å². The summed E-state index contributed by atoms with van der Waals surface area (Å²) >= 11 is 0. The number of fused-ring (bicyclic) bond motifs is 1. The second-order valence-corrected chi connectivity index (χ2v) is 4.46. The van der Waals surface area contributed by atoms with E-state index in [1.54, 1.807) is 6.20 Å². The maximum Gasteiger partial charge on any atom is 0.157 e. The van der Waals surface area contributed by atoms with Crippen LogP contribution in [0.1, 0.15) is 5.69 Å². The van der Waals surface area contributed by atoms with Crippen LogP contribution in [0, 0.1) is 6.92 Å². The lowest BCUT2D eigenvalue weighted by Gasteiger charge is -2.24. The SMILES string of the molecule is Cc1cc(NCC2CNCCO2)n2nccc2n1.Cl.Cl. The summed E-state index contributed by atoms with van der Waals surface area (Å²) in [5.41, 5.74) is 1.84. The molecule has 1 fully saturated rings. The van der Waals surface area contributed by atoms with Crippen LogP contribution in [0.4, 0.5) is 5.82 Å². The number of anilines is 1. The molecular weight excluding hydrogens is 301 g/mol. The summed E-state index contributed by atoms with van der Waals surface area (Å²) in [5, 5.41) is 11.0. The van der Waals surface area contributed by atoms with Crippen LogP contribution < -0.4 is 10.6 Å². The summed E-state index contributed by atoms with van der Waals surface area (Å²) in [6.07, 6.45) is 1.96. The van der Waals surface area contributed by atoms with Gasteiger partial charge in [0.2, 0.25) is 0 Å². The van der Waals surface area contributed by atoms with E-state index >= 15 is 0 Å². The van der Waals surface area contributed by atoms with Gasteiger partial charge in [0.25, 0.3) is 0 Å². The molecule has 0 amide bonds. The molecule has 8 heteroatoms. The first-order valence-corrected chi connectivity index (χ1v) is 6.20. The van der Waals surface area contributed by atoms with Crippen LogP contribution in [0.5, 0.6) is 0 Å². The zero-order valence-electron chi connectivity index (χ0n) is 11.2. The van der Waals surface area contributed by atoms with Gasteiger partial charge in [0.15, 0.2) is 5.65 Å². The van der Waals surface area contributed by atoms with Gasteiger partial charge < -0.3 is 15.4 Å². The lowest BCUT2D eigenvalue weighted by Crippen LogP contribution is -2.42. The number of nitrogens with one attached hydrogen (secondary N) is 2. The highest BCUT2D eigenvalue weighted by molar-refractivity contribution is 5.85. The van der Waals surface area contributed by atoms with Crippen LogP contribution in [0.25, 0.3) is 5.65 Å². The summed E-state index contributed by atoms with van der Waals surface area (Å²) < 4.78 is 7.46. The van der Waals surface area contributed by atoms with Gasteiger partial charge >= 0.3 is 0 Å². The van der Waals surface area contributed by atoms with Crippen molar-refractivity contribution in [3.05, 3.63) is 24.0 Å². The normalized spacial score (nSPS) is 18.1. The highest BCUT2D eigenvalue weighted by Crippen LogP contribution is 2.12. The van der Waals surface area contributed by atoms with E-state index in [4.69, 9.17) is 4.74 Å². The van der Waals surface area contributed by atoms with Crippen LogP contribution in [0.2, 0.25) is 0 Å². The number of aryl methyl sites for hydroxylation is 1. The Labute approximate surface area is 130 Å². The molecule has 1 aliphatic rings. The number of rotatable bonds is 3. The molecule has 0 aliphatic carbocycles. The first kappa shape index (κ1) is 17.0. The first-order chi connectivity index (χ1) is 8.83. The Morgan fingerprint density at radius 1 is 1.50 bits per heavy atom. The molecule has 0 aromatic carbocycles. The van der Waals surface area contributed by atoms with Gasteiger partial charge in [-0.1, -0.05) is 0 Å². The van der Waals surface area contributed by atoms with Crippen molar-refractivity contribution in [1.29, 1.82) is 0 Å². The Morgan fingerprint density at radius 2 is 2.35 bits per heavy atom. The molecule has 20 heavy (non-hydrogen) atoms.